The van der Waals surface area contributed by atoms with Gasteiger partial charge in [-0.3, -0.25) is 19.3 Å². The van der Waals surface area contributed by atoms with E-state index in [9.17, 15) is 14.4 Å². The number of aromatic nitrogens is 1. The molecule has 0 radical (unpaired) electrons. The third-order valence-corrected chi connectivity index (χ3v) is 5.82. The molecule has 0 saturated carbocycles. The van der Waals surface area contributed by atoms with E-state index in [-0.39, 0.29) is 29.2 Å². The molecule has 1 saturated heterocycles. The van der Waals surface area contributed by atoms with Crippen molar-refractivity contribution in [3.63, 3.8) is 0 Å². The normalized spacial score (nSPS) is 13.8. The number of benzene rings is 2. The van der Waals surface area contributed by atoms with Gasteiger partial charge in [-0.05, 0) is 24.6 Å². The first kappa shape index (κ1) is 20.1. The summed E-state index contributed by atoms with van der Waals surface area (Å²) >= 11 is 1.02. The Balaban J connectivity index is 1.37. The Bertz CT molecular complexity index is 1070. The molecule has 6 nitrogen and oxygen atoms in total. The number of rotatable bonds is 7. The fourth-order valence-electron chi connectivity index (χ4n) is 3.25. The SMILES string of the molecule is Cc1oc(-c2ccccc2)nc1CCC(=O)c1ccc(CN2C(=O)CSC2=O)cc1. The molecule has 2 heterocycles. The molecule has 1 aliphatic heterocycles. The summed E-state index contributed by atoms with van der Waals surface area (Å²) in [6.07, 6.45) is 0.817. The van der Waals surface area contributed by atoms with Crippen LogP contribution in [0.2, 0.25) is 0 Å². The van der Waals surface area contributed by atoms with Crippen molar-refractivity contribution in [1.29, 1.82) is 0 Å². The van der Waals surface area contributed by atoms with Gasteiger partial charge in [0.2, 0.25) is 11.8 Å². The molecule has 0 aliphatic carbocycles. The Labute approximate surface area is 178 Å². The van der Waals surface area contributed by atoms with E-state index < -0.39 is 0 Å². The highest BCUT2D eigenvalue weighted by Crippen LogP contribution is 2.23. The zero-order valence-electron chi connectivity index (χ0n) is 16.5. The standard InChI is InChI=1S/C23H20N2O4S/c1-15-19(24-22(29-15)18-5-3-2-4-6-18)11-12-20(26)17-9-7-16(8-10-17)13-25-21(27)14-30-23(25)28/h2-10H,11-14H2,1H3. The number of ketones is 1. The molecule has 152 valence electrons. The summed E-state index contributed by atoms with van der Waals surface area (Å²) in [4.78, 5) is 41.8. The topological polar surface area (TPSA) is 80.5 Å². The number of thioether (sulfide) groups is 1. The van der Waals surface area contributed by atoms with Gasteiger partial charge >= 0.3 is 0 Å². The lowest BCUT2D eigenvalue weighted by atomic mass is 10.0. The molecular weight excluding hydrogens is 400 g/mol. The predicted octanol–water partition coefficient (Wildman–Crippen LogP) is 4.66. The van der Waals surface area contributed by atoms with Gasteiger partial charge in [-0.15, -0.1) is 0 Å². The minimum absolute atomic E-state index is 0.00842. The molecule has 1 aromatic heterocycles. The van der Waals surface area contributed by atoms with Gasteiger partial charge in [0.25, 0.3) is 5.24 Å². The van der Waals surface area contributed by atoms with Crippen molar-refractivity contribution < 1.29 is 18.8 Å². The molecule has 1 aliphatic rings. The molecule has 0 N–H and O–H groups in total. The van der Waals surface area contributed by atoms with E-state index >= 15 is 0 Å². The number of hydrogen-bond acceptors (Lipinski definition) is 6. The second kappa shape index (κ2) is 8.67. The Morgan fingerprint density at radius 3 is 2.50 bits per heavy atom. The van der Waals surface area contributed by atoms with Crippen LogP contribution in [0.1, 0.15) is 33.8 Å². The third-order valence-electron chi connectivity index (χ3n) is 4.96. The van der Waals surface area contributed by atoms with Crippen LogP contribution in [0.5, 0.6) is 0 Å². The van der Waals surface area contributed by atoms with E-state index in [2.05, 4.69) is 4.98 Å². The molecule has 0 spiro atoms. The van der Waals surface area contributed by atoms with E-state index in [0.29, 0.717) is 24.3 Å². The number of aryl methyl sites for hydroxylation is 2. The Kier molecular flexibility index (Phi) is 5.81. The van der Waals surface area contributed by atoms with Gasteiger partial charge < -0.3 is 4.42 Å². The lowest BCUT2D eigenvalue weighted by molar-refractivity contribution is -0.125. The van der Waals surface area contributed by atoms with Gasteiger partial charge in [-0.25, -0.2) is 4.98 Å². The van der Waals surface area contributed by atoms with E-state index in [1.54, 1.807) is 24.3 Å². The molecule has 1 fully saturated rings. The van der Waals surface area contributed by atoms with Crippen molar-refractivity contribution in [2.45, 2.75) is 26.3 Å². The number of carbonyl (C=O) groups excluding carboxylic acids is 3. The minimum atomic E-state index is -0.224. The van der Waals surface area contributed by atoms with Crippen LogP contribution < -0.4 is 0 Å². The van der Waals surface area contributed by atoms with Crippen molar-refractivity contribution in [3.8, 4) is 11.5 Å². The molecular formula is C23H20N2O4S. The molecule has 2 aromatic carbocycles. The van der Waals surface area contributed by atoms with Crippen molar-refractivity contribution in [2.75, 3.05) is 5.75 Å². The Morgan fingerprint density at radius 1 is 1.10 bits per heavy atom. The average Bonchev–Trinajstić information content (AvgIpc) is 3.30. The van der Waals surface area contributed by atoms with Crippen LogP contribution >= 0.6 is 11.8 Å². The largest absolute Gasteiger partial charge is 0.441 e. The van der Waals surface area contributed by atoms with Gasteiger partial charge in [-0.2, -0.15) is 0 Å². The van der Waals surface area contributed by atoms with E-state index in [1.807, 2.05) is 37.3 Å². The van der Waals surface area contributed by atoms with Crippen LogP contribution in [0.4, 0.5) is 4.79 Å². The number of nitrogens with zero attached hydrogens (tertiary/aromatic N) is 2. The zero-order chi connectivity index (χ0) is 21.1. The quantitative estimate of drug-likeness (QED) is 0.517. The first-order chi connectivity index (χ1) is 14.5. The second-order valence-electron chi connectivity index (χ2n) is 7.04. The Hall–Kier alpha value is -3.19. The molecule has 0 atom stereocenters. The highest BCUT2D eigenvalue weighted by Gasteiger charge is 2.29. The van der Waals surface area contributed by atoms with Gasteiger partial charge in [-0.1, -0.05) is 54.2 Å². The molecule has 0 bridgehead atoms. The lowest BCUT2D eigenvalue weighted by Crippen LogP contribution is -2.27. The number of amides is 2. The third kappa shape index (κ3) is 4.36. The summed E-state index contributed by atoms with van der Waals surface area (Å²) < 4.78 is 5.75. The van der Waals surface area contributed by atoms with Crippen molar-refractivity contribution >= 4 is 28.7 Å². The van der Waals surface area contributed by atoms with Crippen LogP contribution in [0, 0.1) is 6.92 Å². The molecule has 7 heteroatoms. The van der Waals surface area contributed by atoms with Crippen LogP contribution in [0.15, 0.2) is 59.0 Å². The summed E-state index contributed by atoms with van der Waals surface area (Å²) in [5.74, 6) is 1.30. The van der Waals surface area contributed by atoms with E-state index in [4.69, 9.17) is 4.42 Å². The molecule has 3 aromatic rings. The summed E-state index contributed by atoms with van der Waals surface area (Å²) in [5.41, 5.74) is 3.09. The maximum Gasteiger partial charge on any atom is 0.289 e. The van der Waals surface area contributed by atoms with E-state index in [0.717, 1.165) is 34.3 Å². The summed E-state index contributed by atoms with van der Waals surface area (Å²) in [6, 6.07) is 16.7. The first-order valence-electron chi connectivity index (χ1n) is 9.62. The maximum atomic E-state index is 12.6. The highest BCUT2D eigenvalue weighted by atomic mass is 32.2. The second-order valence-corrected chi connectivity index (χ2v) is 7.97. The lowest BCUT2D eigenvalue weighted by Gasteiger charge is -2.12. The number of imide groups is 1. The molecule has 4 rings (SSSR count). The van der Waals surface area contributed by atoms with Crippen LogP contribution in [0.3, 0.4) is 0 Å². The molecule has 30 heavy (non-hydrogen) atoms. The van der Waals surface area contributed by atoms with E-state index in [1.165, 1.54) is 4.90 Å². The number of Topliss-reactive ketones (excluding diaryl/α,β-unsaturated/α-hetero) is 1. The highest BCUT2D eigenvalue weighted by molar-refractivity contribution is 8.14. The summed E-state index contributed by atoms with van der Waals surface area (Å²) in [7, 11) is 0. The van der Waals surface area contributed by atoms with Crippen molar-refractivity contribution in [2.24, 2.45) is 0 Å². The van der Waals surface area contributed by atoms with Crippen molar-refractivity contribution in [3.05, 3.63) is 77.2 Å². The Morgan fingerprint density at radius 2 is 1.83 bits per heavy atom. The molecule has 2 amide bonds. The molecule has 0 unspecified atom stereocenters. The van der Waals surface area contributed by atoms with Gasteiger partial charge in [0.05, 0.1) is 18.0 Å². The fourth-order valence-corrected chi connectivity index (χ4v) is 3.98. The van der Waals surface area contributed by atoms with Crippen LogP contribution in [-0.2, 0) is 17.8 Å². The number of hydrogen-bond donors (Lipinski definition) is 0. The minimum Gasteiger partial charge on any atom is -0.441 e. The number of carbonyl (C=O) groups is 3. The van der Waals surface area contributed by atoms with Crippen molar-refractivity contribution in [1.82, 2.24) is 9.88 Å². The fraction of sp³-hybridized carbons (Fsp3) is 0.217. The summed E-state index contributed by atoms with van der Waals surface area (Å²) in [5, 5.41) is -0.224. The zero-order valence-corrected chi connectivity index (χ0v) is 17.3. The van der Waals surface area contributed by atoms with Gasteiger partial charge in [0, 0.05) is 24.0 Å². The summed E-state index contributed by atoms with van der Waals surface area (Å²) in [6.45, 7) is 2.09. The predicted molar refractivity (Wildman–Crippen MR) is 114 cm³/mol. The monoisotopic (exact) mass is 420 g/mol. The first-order valence-corrected chi connectivity index (χ1v) is 10.6. The number of oxazole rings is 1. The van der Waals surface area contributed by atoms with Crippen LogP contribution in [-0.4, -0.2) is 32.6 Å². The average molecular weight is 420 g/mol. The van der Waals surface area contributed by atoms with Gasteiger partial charge in [0.15, 0.2) is 5.78 Å². The van der Waals surface area contributed by atoms with Crippen LogP contribution in [0.25, 0.3) is 11.5 Å². The smallest absolute Gasteiger partial charge is 0.289 e. The maximum absolute atomic E-state index is 12.6. The van der Waals surface area contributed by atoms with Gasteiger partial charge in [0.1, 0.15) is 5.76 Å².